The van der Waals surface area contributed by atoms with Crippen molar-refractivity contribution in [2.24, 2.45) is 5.73 Å². The van der Waals surface area contributed by atoms with Crippen molar-refractivity contribution in [3.63, 3.8) is 0 Å². The van der Waals surface area contributed by atoms with E-state index in [2.05, 4.69) is 29.8 Å². The first-order chi connectivity index (χ1) is 9.49. The van der Waals surface area contributed by atoms with Crippen LogP contribution in [-0.2, 0) is 6.42 Å². The maximum Gasteiger partial charge on any atom is 0.0459 e. The van der Waals surface area contributed by atoms with Crippen LogP contribution in [0.1, 0.15) is 25.8 Å². The van der Waals surface area contributed by atoms with Gasteiger partial charge in [0.15, 0.2) is 0 Å². The van der Waals surface area contributed by atoms with Crippen molar-refractivity contribution in [3.8, 4) is 0 Å². The van der Waals surface area contributed by atoms with Gasteiger partial charge in [0, 0.05) is 35.9 Å². The Morgan fingerprint density at radius 3 is 2.85 bits per heavy atom. The molecular formula is C16H26ClN3. The van der Waals surface area contributed by atoms with Crippen LogP contribution in [0.15, 0.2) is 18.2 Å². The summed E-state index contributed by atoms with van der Waals surface area (Å²) in [5.41, 5.74) is 8.45. The molecule has 1 aliphatic rings. The van der Waals surface area contributed by atoms with Crippen LogP contribution in [0.3, 0.4) is 0 Å². The van der Waals surface area contributed by atoms with Gasteiger partial charge < -0.3 is 15.5 Å². The van der Waals surface area contributed by atoms with E-state index >= 15 is 0 Å². The Balaban J connectivity index is 2.33. The maximum absolute atomic E-state index is 6.42. The van der Waals surface area contributed by atoms with Gasteiger partial charge in [-0.2, -0.15) is 0 Å². The molecule has 1 aromatic rings. The predicted octanol–water partition coefficient (Wildman–Crippen LogP) is 2.76. The lowest BCUT2D eigenvalue weighted by Gasteiger charge is -2.32. The third kappa shape index (κ3) is 3.66. The van der Waals surface area contributed by atoms with E-state index in [1.165, 1.54) is 17.7 Å². The molecule has 0 saturated carbocycles. The Labute approximate surface area is 127 Å². The zero-order chi connectivity index (χ0) is 14.7. The standard InChI is InChI=1S/C16H26ClN3/c1-12(18)10-14-15(17)6-4-7-16(14)20-9-5-8-19(3)11-13(20)2/h4,6-7,12-13H,5,8-11,18H2,1-3H3. The first kappa shape index (κ1) is 15.6. The molecule has 2 atom stereocenters. The van der Waals surface area contributed by atoms with Gasteiger partial charge in [-0.3, -0.25) is 0 Å². The lowest BCUT2D eigenvalue weighted by molar-refractivity contribution is 0.337. The molecule has 1 saturated heterocycles. The third-order valence-electron chi connectivity index (χ3n) is 3.98. The molecule has 1 heterocycles. The summed E-state index contributed by atoms with van der Waals surface area (Å²) in [7, 11) is 2.20. The monoisotopic (exact) mass is 295 g/mol. The topological polar surface area (TPSA) is 32.5 Å². The smallest absolute Gasteiger partial charge is 0.0459 e. The van der Waals surface area contributed by atoms with Gasteiger partial charge in [0.25, 0.3) is 0 Å². The molecule has 1 fully saturated rings. The Bertz CT molecular complexity index is 447. The summed E-state index contributed by atoms with van der Waals surface area (Å²) in [6.45, 7) is 7.65. The summed E-state index contributed by atoms with van der Waals surface area (Å²) in [4.78, 5) is 4.90. The molecule has 0 spiro atoms. The molecule has 112 valence electrons. The van der Waals surface area contributed by atoms with Crippen LogP contribution < -0.4 is 10.6 Å². The maximum atomic E-state index is 6.42. The summed E-state index contributed by atoms with van der Waals surface area (Å²) in [5.74, 6) is 0. The summed E-state index contributed by atoms with van der Waals surface area (Å²) < 4.78 is 0. The van der Waals surface area contributed by atoms with Gasteiger partial charge in [-0.1, -0.05) is 17.7 Å². The second-order valence-corrected chi connectivity index (χ2v) is 6.48. The number of likely N-dealkylation sites (N-methyl/N-ethyl adjacent to an activating group) is 1. The van der Waals surface area contributed by atoms with Gasteiger partial charge in [-0.15, -0.1) is 0 Å². The molecule has 0 aliphatic carbocycles. The highest BCUT2D eigenvalue weighted by Gasteiger charge is 2.23. The van der Waals surface area contributed by atoms with Gasteiger partial charge >= 0.3 is 0 Å². The molecule has 2 unspecified atom stereocenters. The van der Waals surface area contributed by atoms with Gasteiger partial charge in [-0.05, 0) is 58.0 Å². The van der Waals surface area contributed by atoms with E-state index in [1.54, 1.807) is 0 Å². The van der Waals surface area contributed by atoms with Crippen molar-refractivity contribution in [2.75, 3.05) is 31.6 Å². The number of benzene rings is 1. The minimum Gasteiger partial charge on any atom is -0.367 e. The van der Waals surface area contributed by atoms with Crippen LogP contribution in [0.25, 0.3) is 0 Å². The van der Waals surface area contributed by atoms with Gasteiger partial charge in [0.2, 0.25) is 0 Å². The minimum atomic E-state index is 0.124. The molecule has 1 aliphatic heterocycles. The number of halogens is 1. The molecule has 0 bridgehead atoms. The van der Waals surface area contributed by atoms with Crippen LogP contribution >= 0.6 is 11.6 Å². The molecule has 2 rings (SSSR count). The van der Waals surface area contributed by atoms with E-state index in [1.807, 2.05) is 19.1 Å². The van der Waals surface area contributed by atoms with Crippen LogP contribution in [0, 0.1) is 0 Å². The second kappa shape index (κ2) is 6.79. The van der Waals surface area contributed by atoms with Crippen molar-refractivity contribution in [1.29, 1.82) is 0 Å². The molecule has 0 radical (unpaired) electrons. The average molecular weight is 296 g/mol. The van der Waals surface area contributed by atoms with Crippen molar-refractivity contribution >= 4 is 17.3 Å². The fourth-order valence-corrected chi connectivity index (χ4v) is 3.32. The predicted molar refractivity (Wildman–Crippen MR) is 87.7 cm³/mol. The highest BCUT2D eigenvalue weighted by molar-refractivity contribution is 6.31. The van der Waals surface area contributed by atoms with Crippen molar-refractivity contribution in [3.05, 3.63) is 28.8 Å². The average Bonchev–Trinajstić information content (AvgIpc) is 2.52. The molecule has 2 N–H and O–H groups in total. The number of nitrogens with two attached hydrogens (primary N) is 1. The molecule has 1 aromatic carbocycles. The van der Waals surface area contributed by atoms with E-state index < -0.39 is 0 Å². The quantitative estimate of drug-likeness (QED) is 0.931. The first-order valence-corrected chi connectivity index (χ1v) is 7.85. The number of hydrogen-bond acceptors (Lipinski definition) is 3. The van der Waals surface area contributed by atoms with E-state index in [0.717, 1.165) is 31.1 Å². The lowest BCUT2D eigenvalue weighted by Crippen LogP contribution is -2.38. The van der Waals surface area contributed by atoms with E-state index in [-0.39, 0.29) is 6.04 Å². The summed E-state index contributed by atoms with van der Waals surface area (Å²) >= 11 is 6.42. The Morgan fingerprint density at radius 2 is 2.15 bits per heavy atom. The molecule has 0 aromatic heterocycles. The zero-order valence-corrected chi connectivity index (χ0v) is 13.5. The van der Waals surface area contributed by atoms with Gasteiger partial charge in [-0.25, -0.2) is 0 Å². The SMILES string of the molecule is CC(N)Cc1c(Cl)cccc1N1CCCN(C)CC1C. The number of rotatable bonds is 3. The molecule has 4 heteroatoms. The van der Waals surface area contributed by atoms with Crippen LogP contribution in [-0.4, -0.2) is 43.7 Å². The number of anilines is 1. The van der Waals surface area contributed by atoms with Crippen molar-refractivity contribution in [2.45, 2.75) is 38.8 Å². The van der Waals surface area contributed by atoms with Crippen LogP contribution in [0.5, 0.6) is 0 Å². The Morgan fingerprint density at radius 1 is 1.40 bits per heavy atom. The molecule has 0 amide bonds. The van der Waals surface area contributed by atoms with Gasteiger partial charge in [0.1, 0.15) is 0 Å². The highest BCUT2D eigenvalue weighted by atomic mass is 35.5. The van der Waals surface area contributed by atoms with Gasteiger partial charge in [0.05, 0.1) is 0 Å². The van der Waals surface area contributed by atoms with E-state index in [4.69, 9.17) is 17.3 Å². The number of hydrogen-bond donors (Lipinski definition) is 1. The molecule has 20 heavy (non-hydrogen) atoms. The summed E-state index contributed by atoms with van der Waals surface area (Å²) in [5, 5.41) is 0.838. The second-order valence-electron chi connectivity index (χ2n) is 6.08. The third-order valence-corrected chi connectivity index (χ3v) is 4.33. The van der Waals surface area contributed by atoms with Crippen LogP contribution in [0.2, 0.25) is 5.02 Å². The lowest BCUT2D eigenvalue weighted by atomic mass is 10.0. The summed E-state index contributed by atoms with van der Waals surface area (Å²) in [6, 6.07) is 6.82. The van der Waals surface area contributed by atoms with Crippen molar-refractivity contribution < 1.29 is 0 Å². The van der Waals surface area contributed by atoms with E-state index in [0.29, 0.717) is 6.04 Å². The Hall–Kier alpha value is -0.770. The Kier molecular flexibility index (Phi) is 5.30. The summed E-state index contributed by atoms with van der Waals surface area (Å²) in [6.07, 6.45) is 2.01. The van der Waals surface area contributed by atoms with E-state index in [9.17, 15) is 0 Å². The van der Waals surface area contributed by atoms with Crippen LogP contribution in [0.4, 0.5) is 5.69 Å². The first-order valence-electron chi connectivity index (χ1n) is 7.47. The van der Waals surface area contributed by atoms with Crippen molar-refractivity contribution in [1.82, 2.24) is 4.90 Å². The normalized spacial score (nSPS) is 22.6. The minimum absolute atomic E-state index is 0.124. The highest BCUT2D eigenvalue weighted by Crippen LogP contribution is 2.31. The molecular weight excluding hydrogens is 270 g/mol. The number of nitrogens with zero attached hydrogens (tertiary/aromatic N) is 2. The fraction of sp³-hybridized carbons (Fsp3) is 0.625. The zero-order valence-electron chi connectivity index (χ0n) is 12.8. The molecule has 3 nitrogen and oxygen atoms in total. The largest absolute Gasteiger partial charge is 0.367 e. The fourth-order valence-electron chi connectivity index (χ4n) is 3.07.